The highest BCUT2D eigenvalue weighted by Crippen LogP contribution is 2.17. The lowest BCUT2D eigenvalue weighted by Gasteiger charge is -2.18. The molecule has 0 saturated carbocycles. The van der Waals surface area contributed by atoms with Crippen LogP contribution in [0.1, 0.15) is 342 Å². The summed E-state index contributed by atoms with van der Waals surface area (Å²) in [6, 6.07) is 0. The average molecular weight is 1100 g/mol. The van der Waals surface area contributed by atoms with Crippen LogP contribution in [0, 0.1) is 0 Å². The molecule has 0 aliphatic heterocycles. The lowest BCUT2D eigenvalue weighted by atomic mass is 10.0. The molecule has 0 amide bonds. The lowest BCUT2D eigenvalue weighted by Crippen LogP contribution is -2.30. The SMILES string of the molecule is CC/C=C\C/C=C\C/C=C\C/C=C\CCC(=O)OC(COC(=O)CCCCCCC/C=C\CCCCCC)COC(=O)CCCCCCCCCCCCCCCCCCCCCCCCC/C=C\C/C=C\CCCCCCC. The van der Waals surface area contributed by atoms with Gasteiger partial charge in [-0.05, 0) is 103 Å². The van der Waals surface area contributed by atoms with Crippen LogP contribution < -0.4 is 0 Å². The van der Waals surface area contributed by atoms with E-state index in [0.29, 0.717) is 19.3 Å². The first-order valence-corrected chi connectivity index (χ1v) is 34.1. The van der Waals surface area contributed by atoms with E-state index in [4.69, 9.17) is 14.2 Å². The summed E-state index contributed by atoms with van der Waals surface area (Å²) in [6.07, 6.45) is 89.4. The third-order valence-corrected chi connectivity index (χ3v) is 14.9. The van der Waals surface area contributed by atoms with E-state index in [0.717, 1.165) is 83.5 Å². The van der Waals surface area contributed by atoms with Crippen molar-refractivity contribution in [2.45, 2.75) is 348 Å². The molecule has 1 atom stereocenters. The van der Waals surface area contributed by atoms with Gasteiger partial charge in [0.2, 0.25) is 0 Å². The van der Waals surface area contributed by atoms with Gasteiger partial charge in [-0.2, -0.15) is 0 Å². The van der Waals surface area contributed by atoms with Gasteiger partial charge in [-0.25, -0.2) is 0 Å². The molecule has 456 valence electrons. The molecule has 0 fully saturated rings. The highest BCUT2D eigenvalue weighted by atomic mass is 16.6. The molecule has 0 aliphatic carbocycles. The Bertz CT molecular complexity index is 1500. The zero-order valence-electron chi connectivity index (χ0n) is 52.4. The summed E-state index contributed by atoms with van der Waals surface area (Å²) < 4.78 is 16.8. The predicted octanol–water partition coefficient (Wildman–Crippen LogP) is 23.4. The fourth-order valence-electron chi connectivity index (χ4n) is 9.78. The molecule has 0 N–H and O–H groups in total. The van der Waals surface area contributed by atoms with Crippen LogP contribution in [0.5, 0.6) is 0 Å². The highest BCUT2D eigenvalue weighted by molar-refractivity contribution is 5.71. The Hall–Kier alpha value is -3.41. The second-order valence-electron chi connectivity index (χ2n) is 22.7. The van der Waals surface area contributed by atoms with Crippen LogP contribution in [0.2, 0.25) is 0 Å². The van der Waals surface area contributed by atoms with Gasteiger partial charge >= 0.3 is 17.9 Å². The number of rotatable bonds is 62. The first kappa shape index (κ1) is 75.6. The van der Waals surface area contributed by atoms with Crippen molar-refractivity contribution < 1.29 is 28.6 Å². The van der Waals surface area contributed by atoms with Crippen molar-refractivity contribution in [3.8, 4) is 0 Å². The molecule has 0 saturated heterocycles. The fourth-order valence-corrected chi connectivity index (χ4v) is 9.78. The molecule has 0 aromatic heterocycles. The topological polar surface area (TPSA) is 78.9 Å². The maximum Gasteiger partial charge on any atom is 0.306 e. The molecule has 6 nitrogen and oxygen atoms in total. The minimum Gasteiger partial charge on any atom is -0.462 e. The molecule has 0 rings (SSSR count). The van der Waals surface area contributed by atoms with Gasteiger partial charge in [-0.15, -0.1) is 0 Å². The Morgan fingerprint density at radius 3 is 0.848 bits per heavy atom. The van der Waals surface area contributed by atoms with E-state index in [-0.39, 0.29) is 37.5 Å². The van der Waals surface area contributed by atoms with Crippen molar-refractivity contribution in [1.82, 2.24) is 0 Å². The Morgan fingerprint density at radius 1 is 0.266 bits per heavy atom. The van der Waals surface area contributed by atoms with Gasteiger partial charge < -0.3 is 14.2 Å². The molecule has 0 aromatic carbocycles. The molecule has 0 aliphatic rings. The second-order valence-corrected chi connectivity index (χ2v) is 22.7. The van der Waals surface area contributed by atoms with Crippen LogP contribution in [0.15, 0.2) is 85.1 Å². The van der Waals surface area contributed by atoms with Crippen LogP contribution in [0.3, 0.4) is 0 Å². The molecular weight excluding hydrogens is 973 g/mol. The number of hydrogen-bond donors (Lipinski definition) is 0. The fraction of sp³-hybridized carbons (Fsp3) is 0.767. The van der Waals surface area contributed by atoms with E-state index in [1.54, 1.807) is 0 Å². The molecule has 1 unspecified atom stereocenters. The zero-order valence-corrected chi connectivity index (χ0v) is 52.4. The quantitative estimate of drug-likeness (QED) is 0.0261. The number of esters is 3. The monoisotopic (exact) mass is 1100 g/mol. The summed E-state index contributed by atoms with van der Waals surface area (Å²) in [5, 5.41) is 0. The molecule has 0 heterocycles. The number of hydrogen-bond acceptors (Lipinski definition) is 6. The molecule has 0 bridgehead atoms. The van der Waals surface area contributed by atoms with E-state index in [2.05, 4.69) is 99.8 Å². The van der Waals surface area contributed by atoms with Gasteiger partial charge in [-0.1, -0.05) is 305 Å². The third-order valence-electron chi connectivity index (χ3n) is 14.9. The highest BCUT2D eigenvalue weighted by Gasteiger charge is 2.19. The van der Waals surface area contributed by atoms with Crippen LogP contribution in [0.4, 0.5) is 0 Å². The van der Waals surface area contributed by atoms with E-state index in [1.165, 1.54) is 212 Å². The minimum atomic E-state index is -0.816. The molecule has 79 heavy (non-hydrogen) atoms. The zero-order chi connectivity index (χ0) is 57.1. The van der Waals surface area contributed by atoms with Gasteiger partial charge in [0.25, 0.3) is 0 Å². The molecular formula is C73H128O6. The summed E-state index contributed by atoms with van der Waals surface area (Å²) in [4.78, 5) is 38.2. The Kier molecular flexibility index (Phi) is 64.2. The number of unbranched alkanes of at least 4 members (excludes halogenated alkanes) is 37. The van der Waals surface area contributed by atoms with Crippen molar-refractivity contribution in [2.24, 2.45) is 0 Å². The Morgan fingerprint density at radius 2 is 0.519 bits per heavy atom. The predicted molar refractivity (Wildman–Crippen MR) is 344 cm³/mol. The smallest absolute Gasteiger partial charge is 0.306 e. The molecule has 0 aromatic rings. The van der Waals surface area contributed by atoms with E-state index >= 15 is 0 Å². The van der Waals surface area contributed by atoms with Crippen molar-refractivity contribution in [2.75, 3.05) is 13.2 Å². The van der Waals surface area contributed by atoms with E-state index in [1.807, 2.05) is 6.08 Å². The first-order chi connectivity index (χ1) is 39.0. The second kappa shape index (κ2) is 67.1. The third kappa shape index (κ3) is 65.3. The number of allylic oxidation sites excluding steroid dienone is 14. The molecule has 0 spiro atoms. The summed E-state index contributed by atoms with van der Waals surface area (Å²) in [5.41, 5.74) is 0. The largest absolute Gasteiger partial charge is 0.462 e. The lowest BCUT2D eigenvalue weighted by molar-refractivity contribution is -0.166. The maximum atomic E-state index is 12.8. The van der Waals surface area contributed by atoms with Gasteiger partial charge in [0, 0.05) is 19.3 Å². The van der Waals surface area contributed by atoms with Crippen LogP contribution in [-0.4, -0.2) is 37.2 Å². The summed E-state index contributed by atoms with van der Waals surface area (Å²) >= 11 is 0. The van der Waals surface area contributed by atoms with Crippen LogP contribution in [-0.2, 0) is 28.6 Å². The van der Waals surface area contributed by atoms with E-state index in [9.17, 15) is 14.4 Å². The molecule has 0 radical (unpaired) electrons. The van der Waals surface area contributed by atoms with Gasteiger partial charge in [-0.3, -0.25) is 14.4 Å². The Labute approximate surface area is 490 Å². The van der Waals surface area contributed by atoms with Gasteiger partial charge in [0.05, 0.1) is 0 Å². The maximum absolute atomic E-state index is 12.8. The van der Waals surface area contributed by atoms with Crippen molar-refractivity contribution in [3.05, 3.63) is 85.1 Å². The van der Waals surface area contributed by atoms with Gasteiger partial charge in [0.15, 0.2) is 6.10 Å². The average Bonchev–Trinajstić information content (AvgIpc) is 3.45. The first-order valence-electron chi connectivity index (χ1n) is 34.1. The standard InChI is InChI=1S/C73H128O6/c1-4-7-10-13-16-19-22-25-26-27-28-29-30-31-32-33-34-35-36-37-38-39-40-41-42-43-44-45-46-49-51-54-57-60-63-66-72(75)78-69-70(79-73(76)67-64-61-58-55-52-48-24-21-18-15-12-9-6-3)68-77-71(74)65-62-59-56-53-50-47-23-20-17-14-11-8-5-2/h9,12,18,20-23,25,27-28,48,52,58,61,70H,4-8,10-11,13-17,19,24,26,29-47,49-51,53-57,59-60,62-69H2,1-3H3/b12-9-,21-18-,23-20-,25-22-,28-27-,52-48-,61-58-. The number of ether oxygens (including phenoxy) is 3. The normalized spacial score (nSPS) is 12.6. The summed E-state index contributed by atoms with van der Waals surface area (Å²) in [5.74, 6) is -0.984. The van der Waals surface area contributed by atoms with Crippen molar-refractivity contribution >= 4 is 17.9 Å². The van der Waals surface area contributed by atoms with Crippen LogP contribution >= 0.6 is 0 Å². The van der Waals surface area contributed by atoms with E-state index < -0.39 is 6.10 Å². The van der Waals surface area contributed by atoms with Crippen molar-refractivity contribution in [1.29, 1.82) is 0 Å². The number of carbonyl (C=O) groups is 3. The van der Waals surface area contributed by atoms with Crippen LogP contribution in [0.25, 0.3) is 0 Å². The Balaban J connectivity index is 4.08. The summed E-state index contributed by atoms with van der Waals surface area (Å²) in [6.45, 7) is 6.46. The van der Waals surface area contributed by atoms with Crippen molar-refractivity contribution in [3.63, 3.8) is 0 Å². The minimum absolute atomic E-state index is 0.105. The summed E-state index contributed by atoms with van der Waals surface area (Å²) in [7, 11) is 0. The van der Waals surface area contributed by atoms with Gasteiger partial charge in [0.1, 0.15) is 13.2 Å². The molecule has 6 heteroatoms. The number of carbonyl (C=O) groups excluding carboxylic acids is 3.